The third kappa shape index (κ3) is 2.66. The molecule has 1 atom stereocenters. The molecule has 0 bridgehead atoms. The van der Waals surface area contributed by atoms with Crippen molar-refractivity contribution in [3.8, 4) is 5.75 Å². The Morgan fingerprint density at radius 2 is 2.00 bits per heavy atom. The van der Waals surface area contributed by atoms with Crippen LogP contribution < -0.4 is 10.5 Å². The van der Waals surface area contributed by atoms with Gasteiger partial charge in [0.25, 0.3) is 0 Å². The Labute approximate surface area is 120 Å². The van der Waals surface area contributed by atoms with E-state index in [1.807, 2.05) is 27.7 Å². The van der Waals surface area contributed by atoms with Gasteiger partial charge in [0.05, 0.1) is 24.2 Å². The van der Waals surface area contributed by atoms with E-state index in [4.69, 9.17) is 15.2 Å². The summed E-state index contributed by atoms with van der Waals surface area (Å²) in [5, 5.41) is 0. The van der Waals surface area contributed by atoms with E-state index in [1.54, 1.807) is 25.3 Å². The van der Waals surface area contributed by atoms with Crippen LogP contribution in [0.2, 0.25) is 0 Å². The molecule has 0 amide bonds. The van der Waals surface area contributed by atoms with Crippen LogP contribution in [0.25, 0.3) is 0 Å². The van der Waals surface area contributed by atoms with Crippen LogP contribution in [0.1, 0.15) is 44.5 Å². The molecule has 1 heterocycles. The third-order valence-corrected chi connectivity index (χ3v) is 3.91. The summed E-state index contributed by atoms with van der Waals surface area (Å²) >= 11 is 0. The normalized spacial score (nSPS) is 23.6. The lowest BCUT2D eigenvalue weighted by Gasteiger charge is -2.26. The molecule has 1 unspecified atom stereocenters. The fourth-order valence-electron chi connectivity index (χ4n) is 3.05. The third-order valence-electron chi connectivity index (χ3n) is 3.91. The number of carbonyl (C=O) groups is 1. The van der Waals surface area contributed by atoms with Gasteiger partial charge in [0.1, 0.15) is 5.75 Å². The van der Waals surface area contributed by atoms with Crippen LogP contribution in [-0.2, 0) is 4.74 Å². The van der Waals surface area contributed by atoms with Crippen LogP contribution in [-0.4, -0.2) is 24.1 Å². The maximum atomic E-state index is 12.8. The molecular weight excluding hydrogens is 254 g/mol. The van der Waals surface area contributed by atoms with Gasteiger partial charge in [-0.25, -0.2) is 0 Å². The summed E-state index contributed by atoms with van der Waals surface area (Å²) < 4.78 is 11.1. The molecule has 20 heavy (non-hydrogen) atoms. The molecule has 1 fully saturated rings. The Morgan fingerprint density at radius 3 is 2.45 bits per heavy atom. The quantitative estimate of drug-likeness (QED) is 0.681. The monoisotopic (exact) mass is 277 g/mol. The highest BCUT2D eigenvalue weighted by atomic mass is 16.5. The fourth-order valence-corrected chi connectivity index (χ4v) is 3.05. The summed E-state index contributed by atoms with van der Waals surface area (Å²) in [7, 11) is 1.58. The molecule has 2 rings (SSSR count). The summed E-state index contributed by atoms with van der Waals surface area (Å²) in [5.41, 5.74) is 6.21. The number of methoxy groups -OCH3 is 1. The van der Waals surface area contributed by atoms with Crippen LogP contribution >= 0.6 is 0 Å². The van der Waals surface area contributed by atoms with Gasteiger partial charge >= 0.3 is 0 Å². The molecule has 110 valence electrons. The second-order valence-electron chi connectivity index (χ2n) is 6.54. The first-order valence-corrected chi connectivity index (χ1v) is 6.84. The van der Waals surface area contributed by atoms with Crippen molar-refractivity contribution in [1.29, 1.82) is 0 Å². The van der Waals surface area contributed by atoms with Gasteiger partial charge in [-0.2, -0.15) is 0 Å². The zero-order chi connectivity index (χ0) is 15.1. The molecule has 1 aromatic carbocycles. The molecule has 0 radical (unpaired) electrons. The molecule has 2 N–H and O–H groups in total. The van der Waals surface area contributed by atoms with Gasteiger partial charge in [0.15, 0.2) is 5.78 Å². The van der Waals surface area contributed by atoms with Crippen LogP contribution in [0.5, 0.6) is 5.75 Å². The van der Waals surface area contributed by atoms with E-state index in [0.717, 1.165) is 0 Å². The smallest absolute Gasteiger partial charge is 0.170 e. The minimum atomic E-state index is -0.479. The van der Waals surface area contributed by atoms with E-state index >= 15 is 0 Å². The highest BCUT2D eigenvalue weighted by molar-refractivity contribution is 6.03. The molecule has 4 nitrogen and oxygen atoms in total. The average Bonchev–Trinajstić information content (AvgIpc) is 2.56. The maximum absolute atomic E-state index is 12.8. The van der Waals surface area contributed by atoms with Crippen molar-refractivity contribution < 1.29 is 14.3 Å². The van der Waals surface area contributed by atoms with E-state index in [1.165, 1.54) is 0 Å². The SMILES string of the molecule is COc1ccc(C(=O)C2CC(C)(C)OC2(C)C)c(N)c1. The van der Waals surface area contributed by atoms with E-state index in [-0.39, 0.29) is 17.3 Å². The Bertz CT molecular complexity index is 535. The standard InChI is InChI=1S/C16H23NO3/c1-15(2)9-12(16(3,4)20-15)14(18)11-7-6-10(19-5)8-13(11)17/h6-8,12H,9,17H2,1-5H3. The Morgan fingerprint density at radius 1 is 1.35 bits per heavy atom. The van der Waals surface area contributed by atoms with Crippen molar-refractivity contribution in [2.75, 3.05) is 12.8 Å². The molecule has 1 saturated heterocycles. The molecule has 1 aromatic rings. The molecule has 1 aliphatic rings. The summed E-state index contributed by atoms with van der Waals surface area (Å²) in [5.74, 6) is 0.509. The number of nitrogens with two attached hydrogens (primary N) is 1. The van der Waals surface area contributed by atoms with Crippen LogP contribution in [0.3, 0.4) is 0 Å². The summed E-state index contributed by atoms with van der Waals surface area (Å²) in [6, 6.07) is 5.18. The first kappa shape index (κ1) is 14.9. The Hall–Kier alpha value is -1.55. The number of benzene rings is 1. The van der Waals surface area contributed by atoms with E-state index < -0.39 is 5.60 Å². The number of carbonyl (C=O) groups excluding carboxylic acids is 1. The second kappa shape index (κ2) is 4.77. The average molecular weight is 277 g/mol. The van der Waals surface area contributed by atoms with Crippen molar-refractivity contribution >= 4 is 11.5 Å². The van der Waals surface area contributed by atoms with Crippen molar-refractivity contribution in [3.05, 3.63) is 23.8 Å². The number of ether oxygens (including phenoxy) is 2. The molecule has 4 heteroatoms. The Kier molecular flexibility index (Phi) is 3.54. The lowest BCUT2D eigenvalue weighted by molar-refractivity contribution is -0.0712. The van der Waals surface area contributed by atoms with Crippen molar-refractivity contribution in [2.45, 2.75) is 45.3 Å². The summed E-state index contributed by atoms with van der Waals surface area (Å²) in [4.78, 5) is 12.8. The lowest BCUT2D eigenvalue weighted by atomic mass is 9.81. The van der Waals surface area contributed by atoms with E-state index in [2.05, 4.69) is 0 Å². The van der Waals surface area contributed by atoms with Crippen molar-refractivity contribution in [3.63, 3.8) is 0 Å². The highest BCUT2D eigenvalue weighted by Crippen LogP contribution is 2.44. The number of hydrogen-bond donors (Lipinski definition) is 1. The Balaban J connectivity index is 2.32. The lowest BCUT2D eigenvalue weighted by Crippen LogP contribution is -2.34. The minimum Gasteiger partial charge on any atom is -0.497 e. The number of anilines is 1. The topological polar surface area (TPSA) is 61.5 Å². The predicted octanol–water partition coefficient (Wildman–Crippen LogP) is 3.05. The first-order chi connectivity index (χ1) is 9.16. The zero-order valence-electron chi connectivity index (χ0n) is 12.8. The van der Waals surface area contributed by atoms with Gasteiger partial charge in [-0.1, -0.05) is 0 Å². The van der Waals surface area contributed by atoms with Crippen LogP contribution in [0, 0.1) is 5.92 Å². The molecular formula is C16H23NO3. The van der Waals surface area contributed by atoms with Gasteiger partial charge in [-0.05, 0) is 46.2 Å². The number of rotatable bonds is 3. The second-order valence-corrected chi connectivity index (χ2v) is 6.54. The van der Waals surface area contributed by atoms with Crippen molar-refractivity contribution in [1.82, 2.24) is 0 Å². The van der Waals surface area contributed by atoms with Gasteiger partial charge in [0, 0.05) is 17.3 Å². The molecule has 1 aliphatic heterocycles. The number of Topliss-reactive ketones (excluding diaryl/α,β-unsaturated/α-hetero) is 1. The van der Waals surface area contributed by atoms with Gasteiger partial charge in [-0.3, -0.25) is 4.79 Å². The van der Waals surface area contributed by atoms with Gasteiger partial charge in [0.2, 0.25) is 0 Å². The highest BCUT2D eigenvalue weighted by Gasteiger charge is 2.49. The van der Waals surface area contributed by atoms with Crippen molar-refractivity contribution in [2.24, 2.45) is 5.92 Å². The zero-order valence-corrected chi connectivity index (χ0v) is 12.8. The summed E-state index contributed by atoms with van der Waals surface area (Å²) in [6.45, 7) is 7.95. The summed E-state index contributed by atoms with van der Waals surface area (Å²) in [6.07, 6.45) is 0.699. The van der Waals surface area contributed by atoms with Crippen LogP contribution in [0.15, 0.2) is 18.2 Å². The van der Waals surface area contributed by atoms with Gasteiger partial charge < -0.3 is 15.2 Å². The fraction of sp³-hybridized carbons (Fsp3) is 0.562. The van der Waals surface area contributed by atoms with Gasteiger partial charge in [-0.15, -0.1) is 0 Å². The predicted molar refractivity (Wildman–Crippen MR) is 79.1 cm³/mol. The number of nitrogen functional groups attached to an aromatic ring is 1. The number of hydrogen-bond acceptors (Lipinski definition) is 4. The van der Waals surface area contributed by atoms with Crippen LogP contribution in [0.4, 0.5) is 5.69 Å². The molecule has 0 aliphatic carbocycles. The van der Waals surface area contributed by atoms with E-state index in [0.29, 0.717) is 23.4 Å². The molecule has 0 aromatic heterocycles. The largest absolute Gasteiger partial charge is 0.497 e. The minimum absolute atomic E-state index is 0.0423. The maximum Gasteiger partial charge on any atom is 0.170 e. The first-order valence-electron chi connectivity index (χ1n) is 6.84. The molecule has 0 spiro atoms. The van der Waals surface area contributed by atoms with E-state index in [9.17, 15) is 4.79 Å². The number of ketones is 1. The molecule has 0 saturated carbocycles.